The van der Waals surface area contributed by atoms with Crippen molar-refractivity contribution in [3.05, 3.63) is 60.2 Å². The second-order valence-corrected chi connectivity index (χ2v) is 8.37. The van der Waals surface area contributed by atoms with Crippen LogP contribution >= 0.6 is 11.8 Å². The van der Waals surface area contributed by atoms with E-state index >= 15 is 0 Å². The third-order valence-electron chi connectivity index (χ3n) is 5.55. The molecule has 6 nitrogen and oxygen atoms in total. The quantitative estimate of drug-likeness (QED) is 0.737. The Bertz CT molecular complexity index is 884. The third-order valence-corrected chi connectivity index (χ3v) is 6.56. The van der Waals surface area contributed by atoms with Crippen molar-refractivity contribution < 1.29 is 14.3 Å². The van der Waals surface area contributed by atoms with Gasteiger partial charge in [0.1, 0.15) is 11.8 Å². The predicted molar refractivity (Wildman–Crippen MR) is 120 cm³/mol. The molecule has 158 valence electrons. The molecular weight excluding hydrogens is 398 g/mol. The molecule has 2 aliphatic rings. The fraction of sp³-hybridized carbons (Fsp3) is 0.391. The molecule has 2 amide bonds. The van der Waals surface area contributed by atoms with Gasteiger partial charge in [-0.25, -0.2) is 0 Å². The van der Waals surface area contributed by atoms with Crippen LogP contribution in [0.3, 0.4) is 0 Å². The number of amides is 2. The van der Waals surface area contributed by atoms with Crippen LogP contribution in [0.4, 0.5) is 5.69 Å². The zero-order valence-corrected chi connectivity index (χ0v) is 18.0. The first kappa shape index (κ1) is 20.6. The highest BCUT2D eigenvalue weighted by Crippen LogP contribution is 2.30. The molecular formula is C23H27N3O3S. The monoisotopic (exact) mass is 425 g/mol. The van der Waals surface area contributed by atoms with E-state index in [1.165, 1.54) is 0 Å². The minimum absolute atomic E-state index is 0.0574. The lowest BCUT2D eigenvalue weighted by Crippen LogP contribution is -2.55. The van der Waals surface area contributed by atoms with Crippen molar-refractivity contribution in [1.29, 1.82) is 0 Å². The fourth-order valence-corrected chi connectivity index (χ4v) is 5.11. The van der Waals surface area contributed by atoms with Crippen LogP contribution in [-0.4, -0.2) is 72.1 Å². The van der Waals surface area contributed by atoms with Crippen molar-refractivity contribution in [3.8, 4) is 5.75 Å². The summed E-state index contributed by atoms with van der Waals surface area (Å²) >= 11 is 1.64. The number of ether oxygens (including phenoxy) is 1. The summed E-state index contributed by atoms with van der Waals surface area (Å²) in [6, 6.07) is 16.9. The first-order valence-electron chi connectivity index (χ1n) is 10.4. The largest absolute Gasteiger partial charge is 0.492 e. The van der Waals surface area contributed by atoms with E-state index in [2.05, 4.69) is 11.0 Å². The van der Waals surface area contributed by atoms with Crippen LogP contribution in [0.25, 0.3) is 0 Å². The Kier molecular flexibility index (Phi) is 6.47. The minimum atomic E-state index is -0.384. The van der Waals surface area contributed by atoms with Crippen LogP contribution in [0.15, 0.2) is 54.6 Å². The van der Waals surface area contributed by atoms with Crippen molar-refractivity contribution in [2.45, 2.75) is 13.0 Å². The highest BCUT2D eigenvalue weighted by Gasteiger charge is 2.38. The Hall–Kier alpha value is -2.67. The topological polar surface area (TPSA) is 53.1 Å². The molecule has 2 saturated heterocycles. The van der Waals surface area contributed by atoms with E-state index in [-0.39, 0.29) is 17.9 Å². The molecule has 4 rings (SSSR count). The van der Waals surface area contributed by atoms with E-state index in [4.69, 9.17) is 4.74 Å². The summed E-state index contributed by atoms with van der Waals surface area (Å²) < 4.78 is 5.76. The first-order chi connectivity index (χ1) is 14.7. The van der Waals surface area contributed by atoms with Gasteiger partial charge in [-0.3, -0.25) is 9.59 Å². The fourth-order valence-electron chi connectivity index (χ4n) is 3.97. The maximum atomic E-state index is 13.2. The standard InChI is InChI=1S/C23H27N3O3S/c1-2-29-21-11-7-6-10-19(21)24-12-14-25(15-13-24)23(28)20-16-30-17-26(20)22(27)18-8-4-3-5-9-18/h3-11,20H,2,12-17H2,1H3. The number of hydrogen-bond acceptors (Lipinski definition) is 5. The number of hydrogen-bond donors (Lipinski definition) is 0. The van der Waals surface area contributed by atoms with Gasteiger partial charge in [-0.15, -0.1) is 11.8 Å². The number of para-hydroxylation sites is 2. The van der Waals surface area contributed by atoms with Gasteiger partial charge in [0.05, 0.1) is 18.2 Å². The van der Waals surface area contributed by atoms with Gasteiger partial charge in [0, 0.05) is 37.5 Å². The number of carbonyl (C=O) groups is 2. The Morgan fingerprint density at radius 2 is 1.70 bits per heavy atom. The third kappa shape index (κ3) is 4.26. The molecule has 0 aliphatic carbocycles. The van der Waals surface area contributed by atoms with Crippen molar-refractivity contribution >= 4 is 29.3 Å². The van der Waals surface area contributed by atoms with Crippen LogP contribution in [0.2, 0.25) is 0 Å². The summed E-state index contributed by atoms with van der Waals surface area (Å²) in [4.78, 5) is 32.0. The van der Waals surface area contributed by atoms with Gasteiger partial charge in [0.15, 0.2) is 0 Å². The maximum Gasteiger partial charge on any atom is 0.255 e. The number of nitrogens with zero attached hydrogens (tertiary/aromatic N) is 3. The van der Waals surface area contributed by atoms with Gasteiger partial charge in [-0.05, 0) is 31.2 Å². The normalized spacial score (nSPS) is 19.1. The van der Waals surface area contributed by atoms with Gasteiger partial charge < -0.3 is 19.4 Å². The van der Waals surface area contributed by atoms with E-state index in [1.807, 2.05) is 48.2 Å². The Morgan fingerprint density at radius 3 is 2.43 bits per heavy atom. The van der Waals surface area contributed by atoms with Crippen molar-refractivity contribution in [2.24, 2.45) is 0 Å². The molecule has 2 aromatic carbocycles. The van der Waals surface area contributed by atoms with Gasteiger partial charge >= 0.3 is 0 Å². The molecule has 0 radical (unpaired) electrons. The van der Waals surface area contributed by atoms with Crippen LogP contribution in [-0.2, 0) is 4.79 Å². The van der Waals surface area contributed by atoms with Gasteiger partial charge in [0.25, 0.3) is 5.91 Å². The van der Waals surface area contributed by atoms with Gasteiger partial charge in [-0.2, -0.15) is 0 Å². The number of benzene rings is 2. The Morgan fingerprint density at radius 1 is 1.00 bits per heavy atom. The molecule has 0 N–H and O–H groups in total. The summed E-state index contributed by atoms with van der Waals surface area (Å²) in [7, 11) is 0. The van der Waals surface area contributed by atoms with Crippen molar-refractivity contribution in [3.63, 3.8) is 0 Å². The molecule has 2 heterocycles. The van der Waals surface area contributed by atoms with Crippen LogP contribution in [0.5, 0.6) is 5.75 Å². The number of rotatable bonds is 5. The molecule has 7 heteroatoms. The van der Waals surface area contributed by atoms with Crippen LogP contribution in [0, 0.1) is 0 Å². The molecule has 1 atom stereocenters. The van der Waals surface area contributed by atoms with E-state index in [9.17, 15) is 9.59 Å². The number of piperazine rings is 1. The highest BCUT2D eigenvalue weighted by atomic mass is 32.2. The average molecular weight is 426 g/mol. The highest BCUT2D eigenvalue weighted by molar-refractivity contribution is 7.99. The maximum absolute atomic E-state index is 13.2. The lowest BCUT2D eigenvalue weighted by Gasteiger charge is -2.38. The van der Waals surface area contributed by atoms with Crippen molar-refractivity contribution in [1.82, 2.24) is 9.80 Å². The first-order valence-corrected chi connectivity index (χ1v) is 11.5. The van der Waals surface area contributed by atoms with Crippen molar-refractivity contribution in [2.75, 3.05) is 49.3 Å². The number of thioether (sulfide) groups is 1. The summed E-state index contributed by atoms with van der Waals surface area (Å²) in [5.41, 5.74) is 1.71. The molecule has 0 saturated carbocycles. The molecule has 2 aromatic rings. The Labute approximate surface area is 181 Å². The molecule has 2 fully saturated rings. The average Bonchev–Trinajstić information content (AvgIpc) is 3.29. The number of anilines is 1. The Balaban J connectivity index is 1.40. The summed E-state index contributed by atoms with van der Waals surface area (Å²) in [6.07, 6.45) is 0. The molecule has 30 heavy (non-hydrogen) atoms. The van der Waals surface area contributed by atoms with Crippen LogP contribution in [0.1, 0.15) is 17.3 Å². The summed E-state index contributed by atoms with van der Waals surface area (Å²) in [5.74, 6) is 2.09. The van der Waals surface area contributed by atoms with E-state index in [1.54, 1.807) is 28.8 Å². The summed E-state index contributed by atoms with van der Waals surface area (Å²) in [5, 5.41) is 0. The van der Waals surface area contributed by atoms with E-state index in [0.717, 1.165) is 24.5 Å². The lowest BCUT2D eigenvalue weighted by molar-refractivity contribution is -0.135. The summed E-state index contributed by atoms with van der Waals surface area (Å²) in [6.45, 7) is 5.40. The van der Waals surface area contributed by atoms with Gasteiger partial charge in [-0.1, -0.05) is 30.3 Å². The zero-order chi connectivity index (χ0) is 20.9. The second kappa shape index (κ2) is 9.43. The van der Waals surface area contributed by atoms with Gasteiger partial charge in [0.2, 0.25) is 5.91 Å². The molecule has 0 aromatic heterocycles. The molecule has 0 bridgehead atoms. The SMILES string of the molecule is CCOc1ccccc1N1CCN(C(=O)C2CSCN2C(=O)c2ccccc2)CC1. The van der Waals surface area contributed by atoms with E-state index < -0.39 is 0 Å². The molecule has 2 aliphatic heterocycles. The van der Waals surface area contributed by atoms with Crippen LogP contribution < -0.4 is 9.64 Å². The predicted octanol–water partition coefficient (Wildman–Crippen LogP) is 2.95. The molecule has 0 spiro atoms. The smallest absolute Gasteiger partial charge is 0.255 e. The zero-order valence-electron chi connectivity index (χ0n) is 17.2. The molecule has 1 unspecified atom stereocenters. The van der Waals surface area contributed by atoms with E-state index in [0.29, 0.717) is 36.9 Å². The lowest BCUT2D eigenvalue weighted by atomic mass is 10.1. The second-order valence-electron chi connectivity index (χ2n) is 7.37. The minimum Gasteiger partial charge on any atom is -0.492 e. The number of carbonyl (C=O) groups excluding carboxylic acids is 2.